The molecule has 0 heterocycles. The number of amides is 2. The zero-order valence-electron chi connectivity index (χ0n) is 38.1. The maximum absolute atomic E-state index is 13.1. The molecular weight excluding hydrogens is 789 g/mol. The number of ketones is 2. The number of ether oxygens (including phenoxy) is 2. The van der Waals surface area contributed by atoms with E-state index >= 15 is 0 Å². The third kappa shape index (κ3) is 18.3. The van der Waals surface area contributed by atoms with E-state index in [1.807, 2.05) is 140 Å². The van der Waals surface area contributed by atoms with Gasteiger partial charge >= 0.3 is 24.1 Å². The van der Waals surface area contributed by atoms with Crippen LogP contribution >= 0.6 is 0 Å². The lowest BCUT2D eigenvalue weighted by Crippen LogP contribution is -2.41. The van der Waals surface area contributed by atoms with Gasteiger partial charge in [0.05, 0.1) is 0 Å². The van der Waals surface area contributed by atoms with Crippen molar-refractivity contribution in [2.75, 3.05) is 13.1 Å². The van der Waals surface area contributed by atoms with Crippen LogP contribution in [-0.4, -0.2) is 71.2 Å². The standard InChI is InChI=1S/C50H66N2O10/c1-33(19-13-21-35(3)25-27-39-37(5)45(57)41(31-49(39,7)8)61-47(59)51-29-15-23-43(53)54)17-11-12-18-34(2)20-14-22-36(4)26-28-40-38(6)46(58)42(32-50(40,9)10)62-48(60)52-30-16-24-44(55)56/h11-14,17-22,25-28,41-42H,15-16,23-24,29-32H2,1-10H3,(H,51,59)(H,52,60)(H,53,54)(H,55,56)/b12-11+,19-13+,20-14+,27-25+,28-26+,33-17+,34-18+,35-21+,36-22+. The molecule has 2 amide bonds. The molecule has 0 fully saturated rings. The van der Waals surface area contributed by atoms with E-state index in [9.17, 15) is 28.8 Å². The number of nitrogens with one attached hydrogen (secondary N) is 2. The molecule has 2 aliphatic rings. The summed E-state index contributed by atoms with van der Waals surface area (Å²) >= 11 is 0. The van der Waals surface area contributed by atoms with Gasteiger partial charge in [0.2, 0.25) is 0 Å². The normalized spacial score (nSPS) is 20.4. The van der Waals surface area contributed by atoms with Crippen LogP contribution in [0.3, 0.4) is 0 Å². The van der Waals surface area contributed by atoms with Gasteiger partial charge in [-0.05, 0) is 87.5 Å². The molecule has 0 aromatic heterocycles. The van der Waals surface area contributed by atoms with Crippen LogP contribution in [-0.2, 0) is 28.7 Å². The molecule has 0 aromatic carbocycles. The molecule has 4 N–H and O–H groups in total. The Kier molecular flexibility index (Phi) is 21.0. The number of carbonyl (C=O) groups excluding carboxylic acids is 4. The third-order valence-corrected chi connectivity index (χ3v) is 10.4. The summed E-state index contributed by atoms with van der Waals surface area (Å²) in [6.07, 6.45) is 25.6. The summed E-state index contributed by atoms with van der Waals surface area (Å²) in [7, 11) is 0. The van der Waals surface area contributed by atoms with Crippen molar-refractivity contribution in [3.05, 3.63) is 130 Å². The first-order valence-corrected chi connectivity index (χ1v) is 21.0. The van der Waals surface area contributed by atoms with Crippen molar-refractivity contribution in [3.63, 3.8) is 0 Å². The minimum Gasteiger partial charge on any atom is -0.481 e. The van der Waals surface area contributed by atoms with E-state index in [1.54, 1.807) is 13.8 Å². The highest BCUT2D eigenvalue weighted by molar-refractivity contribution is 6.02. The Hall–Kier alpha value is -6.04. The highest BCUT2D eigenvalue weighted by atomic mass is 16.6. The monoisotopic (exact) mass is 854 g/mol. The van der Waals surface area contributed by atoms with Crippen LogP contribution < -0.4 is 10.6 Å². The topological polar surface area (TPSA) is 185 Å². The van der Waals surface area contributed by atoms with Crippen molar-refractivity contribution in [2.24, 2.45) is 10.8 Å². The Balaban J connectivity index is 1.94. The van der Waals surface area contributed by atoms with Crippen LogP contribution in [0.1, 0.15) is 108 Å². The van der Waals surface area contributed by atoms with Gasteiger partial charge in [-0.1, -0.05) is 135 Å². The van der Waals surface area contributed by atoms with E-state index in [0.717, 1.165) is 33.4 Å². The number of carboxylic acid groups (broad SMARTS) is 2. The van der Waals surface area contributed by atoms with E-state index in [4.69, 9.17) is 19.7 Å². The van der Waals surface area contributed by atoms with Crippen LogP contribution in [0.2, 0.25) is 0 Å². The van der Waals surface area contributed by atoms with Gasteiger partial charge < -0.3 is 30.3 Å². The second-order valence-electron chi connectivity index (χ2n) is 17.0. The Bertz CT molecular complexity index is 1900. The summed E-state index contributed by atoms with van der Waals surface area (Å²) in [4.78, 5) is 72.0. The smallest absolute Gasteiger partial charge is 0.407 e. The number of Topliss-reactive ketones (excluding diaryl/α,β-unsaturated/α-hetero) is 2. The molecule has 2 atom stereocenters. The Labute approximate surface area is 367 Å². The van der Waals surface area contributed by atoms with Gasteiger partial charge in [-0.3, -0.25) is 19.2 Å². The van der Waals surface area contributed by atoms with Crippen LogP contribution in [0.25, 0.3) is 0 Å². The number of alkyl carbamates (subject to hydrolysis) is 2. The first-order valence-electron chi connectivity index (χ1n) is 21.0. The van der Waals surface area contributed by atoms with E-state index in [0.29, 0.717) is 24.0 Å². The highest BCUT2D eigenvalue weighted by Crippen LogP contribution is 2.42. The molecular formula is C50H66N2O10. The van der Waals surface area contributed by atoms with Gasteiger partial charge in [-0.15, -0.1) is 0 Å². The summed E-state index contributed by atoms with van der Waals surface area (Å²) in [6.45, 7) is 19.8. The second-order valence-corrected chi connectivity index (χ2v) is 17.0. The highest BCUT2D eigenvalue weighted by Gasteiger charge is 2.41. The Morgan fingerprint density at radius 3 is 1.24 bits per heavy atom. The van der Waals surface area contributed by atoms with Crippen LogP contribution in [0.4, 0.5) is 9.59 Å². The molecule has 0 aromatic rings. The first kappa shape index (κ1) is 52.1. The van der Waals surface area contributed by atoms with E-state index in [2.05, 4.69) is 10.6 Å². The number of carbonyl (C=O) groups is 6. The number of allylic oxidation sites excluding steroid dienone is 20. The molecule has 62 heavy (non-hydrogen) atoms. The van der Waals surface area contributed by atoms with E-state index in [1.165, 1.54) is 0 Å². The molecule has 2 unspecified atom stereocenters. The van der Waals surface area contributed by atoms with Gasteiger partial charge in [0.25, 0.3) is 0 Å². The lowest BCUT2D eigenvalue weighted by atomic mass is 9.71. The number of hydrogen-bond acceptors (Lipinski definition) is 8. The summed E-state index contributed by atoms with van der Waals surface area (Å²) in [5.41, 5.74) is 6.12. The lowest BCUT2D eigenvalue weighted by molar-refractivity contribution is -0.138. The minimum absolute atomic E-state index is 0.0652. The number of hydrogen-bond donors (Lipinski definition) is 4. The van der Waals surface area contributed by atoms with Gasteiger partial charge in [0, 0.05) is 38.8 Å². The fourth-order valence-corrected chi connectivity index (χ4v) is 6.96. The predicted molar refractivity (Wildman–Crippen MR) is 243 cm³/mol. The molecule has 2 aliphatic carbocycles. The van der Waals surface area contributed by atoms with Gasteiger partial charge in [0.15, 0.2) is 23.8 Å². The molecule has 0 aliphatic heterocycles. The average Bonchev–Trinajstić information content (AvgIpc) is 3.17. The summed E-state index contributed by atoms with van der Waals surface area (Å²) in [6, 6.07) is 0. The van der Waals surface area contributed by atoms with Crippen molar-refractivity contribution in [1.82, 2.24) is 10.6 Å². The Morgan fingerprint density at radius 1 is 0.581 bits per heavy atom. The largest absolute Gasteiger partial charge is 0.481 e. The fraction of sp³-hybridized carbons (Fsp3) is 0.440. The third-order valence-electron chi connectivity index (χ3n) is 10.4. The van der Waals surface area contributed by atoms with Gasteiger partial charge in [0.1, 0.15) is 0 Å². The molecule has 2 rings (SSSR count). The van der Waals surface area contributed by atoms with Gasteiger partial charge in [-0.2, -0.15) is 0 Å². The zero-order valence-corrected chi connectivity index (χ0v) is 38.1. The van der Waals surface area contributed by atoms with Crippen LogP contribution in [0.15, 0.2) is 130 Å². The number of carboxylic acids is 2. The molecule has 336 valence electrons. The van der Waals surface area contributed by atoms with Crippen LogP contribution in [0.5, 0.6) is 0 Å². The van der Waals surface area contributed by atoms with Crippen LogP contribution in [0, 0.1) is 10.8 Å². The van der Waals surface area contributed by atoms with Crippen molar-refractivity contribution in [3.8, 4) is 0 Å². The number of aliphatic carboxylic acids is 2. The molecule has 0 spiro atoms. The van der Waals surface area contributed by atoms with Crippen molar-refractivity contribution in [2.45, 2.75) is 120 Å². The number of rotatable bonds is 20. The molecule has 0 saturated carbocycles. The molecule has 12 nitrogen and oxygen atoms in total. The zero-order chi connectivity index (χ0) is 46.6. The fourth-order valence-electron chi connectivity index (χ4n) is 6.96. The van der Waals surface area contributed by atoms with Crippen molar-refractivity contribution in [1.29, 1.82) is 0 Å². The summed E-state index contributed by atoms with van der Waals surface area (Å²) in [5, 5.41) is 22.5. The summed E-state index contributed by atoms with van der Waals surface area (Å²) in [5.74, 6) is -2.37. The SMILES string of the molecule is CC1=C(/C=C/C(C)=C/C=C/C(C)=C/C=C/C=C(C)/C=C/C=C(C)/C=C/C2=C(C)C(=O)C(OC(=O)NCCCC(=O)O)CC2(C)C)C(C)(C)CC(OC(=O)NCCCC(=O)O)C1=O. The second kappa shape index (κ2) is 25.0. The average molecular weight is 855 g/mol. The predicted octanol–water partition coefficient (Wildman–Crippen LogP) is 10.1. The first-order chi connectivity index (χ1) is 29.0. The minimum atomic E-state index is -0.943. The van der Waals surface area contributed by atoms with E-state index < -0.39 is 47.2 Å². The molecule has 0 radical (unpaired) electrons. The Morgan fingerprint density at radius 2 is 0.903 bits per heavy atom. The quantitative estimate of drug-likeness (QED) is 0.0679. The molecule has 0 saturated heterocycles. The van der Waals surface area contributed by atoms with Gasteiger partial charge in [-0.25, -0.2) is 9.59 Å². The van der Waals surface area contributed by atoms with Crippen molar-refractivity contribution < 1.29 is 48.5 Å². The molecule has 12 heteroatoms. The molecule has 0 bridgehead atoms. The van der Waals surface area contributed by atoms with Crippen molar-refractivity contribution >= 4 is 35.7 Å². The van der Waals surface area contributed by atoms with E-state index in [-0.39, 0.29) is 50.3 Å². The lowest BCUT2D eigenvalue weighted by Gasteiger charge is -2.36. The summed E-state index contributed by atoms with van der Waals surface area (Å²) < 4.78 is 10.8. The maximum atomic E-state index is 13.1. The maximum Gasteiger partial charge on any atom is 0.407 e.